The van der Waals surface area contributed by atoms with Gasteiger partial charge < -0.3 is 15.5 Å². The molecular formula is C21H30IN5O3S. The number of nitrogens with one attached hydrogen (secondary N) is 2. The number of nitrogens with zero attached hydrogens (tertiary/aromatic N) is 3. The van der Waals surface area contributed by atoms with Crippen molar-refractivity contribution >= 4 is 45.9 Å². The van der Waals surface area contributed by atoms with Gasteiger partial charge in [-0.15, -0.1) is 24.0 Å². The molecule has 2 aromatic rings. The molecule has 0 saturated carbocycles. The van der Waals surface area contributed by atoms with E-state index in [-0.39, 0.29) is 34.8 Å². The molecule has 0 heterocycles. The third kappa shape index (κ3) is 7.47. The topological polar surface area (TPSA) is 94.1 Å². The second-order valence-corrected chi connectivity index (χ2v) is 9.26. The molecule has 0 radical (unpaired) electrons. The van der Waals surface area contributed by atoms with Crippen LogP contribution in [0.1, 0.15) is 21.5 Å². The summed E-state index contributed by atoms with van der Waals surface area (Å²) in [6.45, 7) is 1.05. The zero-order valence-electron chi connectivity index (χ0n) is 18.4. The molecule has 2 aromatic carbocycles. The average Bonchev–Trinajstić information content (AvgIpc) is 2.73. The lowest BCUT2D eigenvalue weighted by Gasteiger charge is -2.14. The van der Waals surface area contributed by atoms with Crippen molar-refractivity contribution in [1.82, 2.24) is 19.8 Å². The minimum Gasteiger partial charge on any atom is -0.352 e. The highest BCUT2D eigenvalue weighted by atomic mass is 127. The zero-order chi connectivity index (χ0) is 22.3. The Bertz CT molecular complexity index is 989. The van der Waals surface area contributed by atoms with Crippen LogP contribution < -0.4 is 10.6 Å². The largest absolute Gasteiger partial charge is 0.352 e. The van der Waals surface area contributed by atoms with Gasteiger partial charge in [-0.25, -0.2) is 12.7 Å². The molecule has 2 rings (SSSR count). The van der Waals surface area contributed by atoms with E-state index in [4.69, 9.17) is 0 Å². The van der Waals surface area contributed by atoms with E-state index in [1.165, 1.54) is 18.4 Å². The molecule has 0 atom stereocenters. The summed E-state index contributed by atoms with van der Waals surface area (Å²) in [7, 11) is 4.72. The molecule has 1 amide bonds. The first kappa shape index (κ1) is 26.9. The van der Waals surface area contributed by atoms with Gasteiger partial charge in [0.2, 0.25) is 10.0 Å². The normalized spacial score (nSPS) is 11.6. The number of halogens is 1. The van der Waals surface area contributed by atoms with E-state index >= 15 is 0 Å². The number of benzene rings is 2. The first-order valence-electron chi connectivity index (χ1n) is 9.41. The summed E-state index contributed by atoms with van der Waals surface area (Å²) in [4.78, 5) is 17.9. The van der Waals surface area contributed by atoms with E-state index in [9.17, 15) is 13.2 Å². The summed E-state index contributed by atoms with van der Waals surface area (Å²) < 4.78 is 25.4. The Morgan fingerprint density at radius 1 is 0.871 bits per heavy atom. The molecule has 8 nitrogen and oxygen atoms in total. The third-order valence-corrected chi connectivity index (χ3v) is 6.28. The lowest BCUT2D eigenvalue weighted by atomic mass is 10.1. The Morgan fingerprint density at radius 2 is 1.32 bits per heavy atom. The minimum absolute atomic E-state index is 0. The van der Waals surface area contributed by atoms with Crippen molar-refractivity contribution in [2.24, 2.45) is 4.99 Å². The molecule has 0 fully saturated rings. The zero-order valence-corrected chi connectivity index (χ0v) is 21.6. The summed E-state index contributed by atoms with van der Waals surface area (Å²) in [5.74, 6) is 0.588. The van der Waals surface area contributed by atoms with Crippen LogP contribution in [0.15, 0.2) is 58.4 Å². The van der Waals surface area contributed by atoms with Crippen molar-refractivity contribution in [3.8, 4) is 0 Å². The number of aliphatic imine (C=N–C) groups is 1. The fraction of sp³-hybridized carbons (Fsp3) is 0.333. The Kier molecular flexibility index (Phi) is 10.4. The van der Waals surface area contributed by atoms with Crippen LogP contribution in [0.5, 0.6) is 0 Å². The number of hydrogen-bond acceptors (Lipinski definition) is 4. The van der Waals surface area contributed by atoms with Crippen LogP contribution in [0.2, 0.25) is 0 Å². The Morgan fingerprint density at radius 3 is 1.71 bits per heavy atom. The fourth-order valence-electron chi connectivity index (χ4n) is 2.61. The summed E-state index contributed by atoms with van der Waals surface area (Å²) in [6.07, 6.45) is 0. The summed E-state index contributed by atoms with van der Waals surface area (Å²) in [5.41, 5.74) is 2.60. The minimum atomic E-state index is -3.43. The smallest absolute Gasteiger partial charge is 0.253 e. The Labute approximate surface area is 201 Å². The lowest BCUT2D eigenvalue weighted by molar-refractivity contribution is 0.0827. The standard InChI is InChI=1S/C21H29N5O3S.HI/c1-22-21(23-14-16-6-10-18(11-7-16)20(27)25(2)3)24-15-17-8-12-19(13-9-17)30(28,29)26(4)5;/h6-13H,14-15H2,1-5H3,(H2,22,23,24);1H. The highest BCUT2D eigenvalue weighted by Crippen LogP contribution is 2.14. The van der Waals surface area contributed by atoms with Crippen LogP contribution in [-0.4, -0.2) is 64.7 Å². The van der Waals surface area contributed by atoms with Crippen molar-refractivity contribution in [3.05, 3.63) is 65.2 Å². The molecule has 0 saturated heterocycles. The van der Waals surface area contributed by atoms with Crippen LogP contribution in [0, 0.1) is 0 Å². The fourth-order valence-corrected chi connectivity index (χ4v) is 3.51. The van der Waals surface area contributed by atoms with Gasteiger partial charge in [0, 0.05) is 53.9 Å². The van der Waals surface area contributed by atoms with E-state index in [2.05, 4.69) is 15.6 Å². The van der Waals surface area contributed by atoms with Crippen LogP contribution in [-0.2, 0) is 23.1 Å². The number of hydrogen-bond donors (Lipinski definition) is 2. The number of carbonyl (C=O) groups excluding carboxylic acids is 1. The van der Waals surface area contributed by atoms with E-state index in [1.807, 2.05) is 12.1 Å². The molecule has 2 N–H and O–H groups in total. The molecule has 10 heteroatoms. The van der Waals surface area contributed by atoms with Gasteiger partial charge in [-0.3, -0.25) is 9.79 Å². The highest BCUT2D eigenvalue weighted by molar-refractivity contribution is 14.0. The van der Waals surface area contributed by atoms with Gasteiger partial charge in [-0.1, -0.05) is 24.3 Å². The van der Waals surface area contributed by atoms with Gasteiger partial charge in [0.1, 0.15) is 0 Å². The van der Waals surface area contributed by atoms with Crippen molar-refractivity contribution in [1.29, 1.82) is 0 Å². The maximum absolute atomic E-state index is 12.1. The molecule has 0 aliphatic carbocycles. The second kappa shape index (κ2) is 12.0. The van der Waals surface area contributed by atoms with Crippen LogP contribution in [0.3, 0.4) is 0 Å². The highest BCUT2D eigenvalue weighted by Gasteiger charge is 2.16. The SMILES string of the molecule is CN=C(NCc1ccc(C(=O)N(C)C)cc1)NCc1ccc(S(=O)(=O)N(C)C)cc1.I. The molecule has 0 aliphatic rings. The molecule has 0 spiro atoms. The Hall–Kier alpha value is -2.18. The van der Waals surface area contributed by atoms with E-state index < -0.39 is 10.0 Å². The van der Waals surface area contributed by atoms with E-state index in [1.54, 1.807) is 62.4 Å². The maximum Gasteiger partial charge on any atom is 0.253 e. The maximum atomic E-state index is 12.1. The summed E-state index contributed by atoms with van der Waals surface area (Å²) in [6, 6.07) is 14.2. The predicted octanol–water partition coefficient (Wildman–Crippen LogP) is 2.12. The van der Waals surface area contributed by atoms with E-state index in [0.717, 1.165) is 11.1 Å². The summed E-state index contributed by atoms with van der Waals surface area (Å²) in [5, 5.41) is 6.42. The van der Waals surface area contributed by atoms with Crippen LogP contribution in [0.4, 0.5) is 0 Å². The van der Waals surface area contributed by atoms with Crippen molar-refractivity contribution < 1.29 is 13.2 Å². The lowest BCUT2D eigenvalue weighted by Crippen LogP contribution is -2.36. The molecule has 0 aromatic heterocycles. The molecular weight excluding hydrogens is 529 g/mol. The van der Waals surface area contributed by atoms with Gasteiger partial charge in [0.15, 0.2) is 5.96 Å². The quantitative estimate of drug-likeness (QED) is 0.308. The molecule has 31 heavy (non-hydrogen) atoms. The molecule has 170 valence electrons. The summed E-state index contributed by atoms with van der Waals surface area (Å²) >= 11 is 0. The predicted molar refractivity (Wildman–Crippen MR) is 134 cm³/mol. The van der Waals surface area contributed by atoms with Crippen LogP contribution >= 0.6 is 24.0 Å². The van der Waals surface area contributed by atoms with Gasteiger partial charge in [-0.05, 0) is 35.4 Å². The first-order chi connectivity index (χ1) is 14.1. The van der Waals surface area contributed by atoms with Gasteiger partial charge in [-0.2, -0.15) is 0 Å². The monoisotopic (exact) mass is 559 g/mol. The van der Waals surface area contributed by atoms with Gasteiger partial charge in [0.05, 0.1) is 4.90 Å². The number of sulfonamides is 1. The third-order valence-electron chi connectivity index (χ3n) is 4.45. The first-order valence-corrected chi connectivity index (χ1v) is 10.9. The Balaban J connectivity index is 0.00000480. The second-order valence-electron chi connectivity index (χ2n) is 7.11. The molecule has 0 unspecified atom stereocenters. The number of amides is 1. The number of carbonyl (C=O) groups is 1. The van der Waals surface area contributed by atoms with Gasteiger partial charge >= 0.3 is 0 Å². The molecule has 0 aliphatic heterocycles. The number of rotatable bonds is 7. The van der Waals surface area contributed by atoms with Crippen molar-refractivity contribution in [3.63, 3.8) is 0 Å². The average molecular weight is 559 g/mol. The molecule has 0 bridgehead atoms. The number of guanidine groups is 1. The van der Waals surface area contributed by atoms with Gasteiger partial charge in [0.25, 0.3) is 5.91 Å². The van der Waals surface area contributed by atoms with E-state index in [0.29, 0.717) is 24.6 Å². The van der Waals surface area contributed by atoms with Crippen LogP contribution in [0.25, 0.3) is 0 Å². The van der Waals surface area contributed by atoms with Crippen molar-refractivity contribution in [2.75, 3.05) is 35.2 Å². The van der Waals surface area contributed by atoms with Crippen molar-refractivity contribution in [2.45, 2.75) is 18.0 Å².